The Morgan fingerprint density at radius 3 is 2.86 bits per heavy atom. The van der Waals surface area contributed by atoms with Gasteiger partial charge in [-0.25, -0.2) is 4.98 Å². The van der Waals surface area contributed by atoms with E-state index >= 15 is 0 Å². The largest absolute Gasteiger partial charge is 0.343 e. The molecule has 2 N–H and O–H groups in total. The number of carbonyl (C=O) groups is 1. The maximum atomic E-state index is 13.0. The number of ketones is 1. The number of H-pyrrole nitrogens is 1. The van der Waals surface area contributed by atoms with Gasteiger partial charge >= 0.3 is 0 Å². The van der Waals surface area contributed by atoms with Crippen LogP contribution in [-0.4, -0.2) is 26.4 Å². The first-order valence-corrected chi connectivity index (χ1v) is 10.1. The van der Waals surface area contributed by atoms with Gasteiger partial charge in [-0.2, -0.15) is 0 Å². The summed E-state index contributed by atoms with van der Waals surface area (Å²) in [5.41, 5.74) is 1.13. The molecule has 1 aliphatic heterocycles. The van der Waals surface area contributed by atoms with Gasteiger partial charge in [0.25, 0.3) is 11.2 Å². The van der Waals surface area contributed by atoms with E-state index in [1.165, 1.54) is 17.8 Å². The third-order valence-corrected chi connectivity index (χ3v) is 5.89. The van der Waals surface area contributed by atoms with E-state index < -0.39 is 16.4 Å². The van der Waals surface area contributed by atoms with Crippen LogP contribution in [0.4, 0.5) is 11.5 Å². The zero-order valence-electron chi connectivity index (χ0n) is 15.4. The molecule has 2 aromatic rings. The molecule has 0 radical (unpaired) electrons. The molecule has 29 heavy (non-hydrogen) atoms. The van der Waals surface area contributed by atoms with Crippen LogP contribution in [0.3, 0.4) is 0 Å². The molecule has 0 bridgehead atoms. The van der Waals surface area contributed by atoms with Gasteiger partial charge in [-0.05, 0) is 12.8 Å². The van der Waals surface area contributed by atoms with Crippen LogP contribution in [0.5, 0.6) is 0 Å². The van der Waals surface area contributed by atoms with E-state index in [1.54, 1.807) is 24.3 Å². The van der Waals surface area contributed by atoms with Crippen molar-refractivity contribution in [3.05, 3.63) is 79.8 Å². The first-order chi connectivity index (χ1) is 14.0. The van der Waals surface area contributed by atoms with Gasteiger partial charge in [-0.3, -0.25) is 19.7 Å². The molecule has 0 saturated heterocycles. The van der Waals surface area contributed by atoms with Gasteiger partial charge in [0.05, 0.1) is 16.4 Å². The highest BCUT2D eigenvalue weighted by Gasteiger charge is 2.40. The third-order valence-electron chi connectivity index (χ3n) is 5.02. The van der Waals surface area contributed by atoms with Crippen LogP contribution in [0.2, 0.25) is 0 Å². The fraction of sp³-hybridized carbons (Fsp3) is 0.250. The first kappa shape index (κ1) is 19.1. The van der Waals surface area contributed by atoms with E-state index in [2.05, 4.69) is 21.9 Å². The van der Waals surface area contributed by atoms with E-state index in [4.69, 9.17) is 0 Å². The third kappa shape index (κ3) is 3.38. The van der Waals surface area contributed by atoms with Crippen LogP contribution in [0.25, 0.3) is 0 Å². The molecule has 148 valence electrons. The number of nitro groups is 1. The van der Waals surface area contributed by atoms with Gasteiger partial charge < -0.3 is 10.3 Å². The molecule has 9 heteroatoms. The summed E-state index contributed by atoms with van der Waals surface area (Å²) in [6, 6.07) is 6.23. The summed E-state index contributed by atoms with van der Waals surface area (Å²) >= 11 is 1.33. The molecule has 0 amide bonds. The first-order valence-electron chi connectivity index (χ1n) is 9.15. The molecule has 0 saturated carbocycles. The van der Waals surface area contributed by atoms with Crippen LogP contribution in [0.1, 0.15) is 36.3 Å². The lowest BCUT2D eigenvalue weighted by Crippen LogP contribution is -2.33. The van der Waals surface area contributed by atoms with Crippen LogP contribution in [0.15, 0.2) is 58.1 Å². The Morgan fingerprint density at radius 2 is 2.10 bits per heavy atom. The highest BCUT2D eigenvalue weighted by atomic mass is 32.2. The van der Waals surface area contributed by atoms with E-state index in [1.807, 2.05) is 0 Å². The van der Waals surface area contributed by atoms with Crippen molar-refractivity contribution in [2.45, 2.75) is 30.3 Å². The standard InChI is InChI=1S/C20H18N4O4S/c1-2-10-29-20-22-18-17(19(26)23-20)15(11-6-3-4-8-13(11)24(27)28)16-12(21-18)7-5-9-14(16)25/h2-4,6,8,15H,1,5,7,9-10H2,(H2,21,22,23,26). The minimum atomic E-state index is -0.828. The van der Waals surface area contributed by atoms with Crippen molar-refractivity contribution in [3.8, 4) is 0 Å². The molecule has 1 aromatic carbocycles. The van der Waals surface area contributed by atoms with E-state index in [-0.39, 0.29) is 17.0 Å². The number of nitrogens with one attached hydrogen (secondary N) is 2. The van der Waals surface area contributed by atoms with Crippen molar-refractivity contribution in [1.82, 2.24) is 9.97 Å². The monoisotopic (exact) mass is 410 g/mol. The summed E-state index contributed by atoms with van der Waals surface area (Å²) < 4.78 is 0. The lowest BCUT2D eigenvalue weighted by atomic mass is 9.76. The van der Waals surface area contributed by atoms with Crippen molar-refractivity contribution in [3.63, 3.8) is 0 Å². The van der Waals surface area contributed by atoms with E-state index in [0.29, 0.717) is 52.8 Å². The molecule has 1 unspecified atom stereocenters. The molecule has 2 aliphatic rings. The molecule has 0 spiro atoms. The maximum Gasteiger partial charge on any atom is 0.273 e. The van der Waals surface area contributed by atoms with Gasteiger partial charge in [0, 0.05) is 35.1 Å². The molecule has 8 nitrogen and oxygen atoms in total. The molecule has 1 aliphatic carbocycles. The number of aromatic amines is 1. The smallest absolute Gasteiger partial charge is 0.273 e. The summed E-state index contributed by atoms with van der Waals surface area (Å²) in [6.45, 7) is 3.66. The number of Topliss-reactive ketones (excluding diaryl/α,β-unsaturated/α-hetero) is 1. The predicted octanol–water partition coefficient (Wildman–Crippen LogP) is 3.52. The number of hydrogen-bond donors (Lipinski definition) is 2. The quantitative estimate of drug-likeness (QED) is 0.254. The van der Waals surface area contributed by atoms with Gasteiger partial charge in [0.2, 0.25) is 0 Å². The van der Waals surface area contributed by atoms with E-state index in [9.17, 15) is 19.7 Å². The Kier molecular flexibility index (Phi) is 5.06. The molecule has 4 rings (SSSR count). The highest BCUT2D eigenvalue weighted by Crippen LogP contribution is 2.45. The molecular weight excluding hydrogens is 392 g/mol. The molecule has 1 aromatic heterocycles. The number of benzene rings is 1. The van der Waals surface area contributed by atoms with Crippen LogP contribution >= 0.6 is 11.8 Å². The van der Waals surface area contributed by atoms with Gasteiger partial charge in [-0.15, -0.1) is 6.58 Å². The Hall–Kier alpha value is -3.20. The normalized spacial score (nSPS) is 17.9. The van der Waals surface area contributed by atoms with Crippen LogP contribution in [-0.2, 0) is 4.79 Å². The second-order valence-electron chi connectivity index (χ2n) is 6.78. The zero-order valence-corrected chi connectivity index (χ0v) is 16.3. The van der Waals surface area contributed by atoms with Crippen molar-refractivity contribution in [2.75, 3.05) is 11.1 Å². The number of para-hydroxylation sites is 1. The summed E-state index contributed by atoms with van der Waals surface area (Å²) in [7, 11) is 0. The summed E-state index contributed by atoms with van der Waals surface area (Å²) in [4.78, 5) is 44.2. The van der Waals surface area contributed by atoms with Crippen LogP contribution < -0.4 is 10.9 Å². The average Bonchev–Trinajstić information content (AvgIpc) is 2.71. The number of nitro benzene ring substituents is 1. The Bertz CT molecular complexity index is 1120. The molecule has 1 atom stereocenters. The number of hydrogen-bond acceptors (Lipinski definition) is 7. The minimum absolute atomic E-state index is 0.0999. The van der Waals surface area contributed by atoms with Crippen molar-refractivity contribution < 1.29 is 9.72 Å². The average molecular weight is 410 g/mol. The lowest BCUT2D eigenvalue weighted by molar-refractivity contribution is -0.385. The molecule has 2 heterocycles. The van der Waals surface area contributed by atoms with Gasteiger partial charge in [0.1, 0.15) is 5.82 Å². The SMILES string of the molecule is C=CCSc1nc2c(c(=O)[nH]1)C(c1ccccc1[N+](=O)[O-])C1=C(CCCC1=O)N2. The van der Waals surface area contributed by atoms with Gasteiger partial charge in [0.15, 0.2) is 10.9 Å². The lowest BCUT2D eigenvalue weighted by Gasteiger charge is -2.32. The molecular formula is C20H18N4O4S. The minimum Gasteiger partial charge on any atom is -0.343 e. The number of nitrogens with zero attached hydrogens (tertiary/aromatic N) is 2. The fourth-order valence-corrected chi connectivity index (χ4v) is 4.45. The number of thioether (sulfide) groups is 1. The Balaban J connectivity index is 1.97. The highest BCUT2D eigenvalue weighted by molar-refractivity contribution is 7.99. The Labute approximate surface area is 170 Å². The number of allylic oxidation sites excluding steroid dienone is 2. The predicted molar refractivity (Wildman–Crippen MR) is 110 cm³/mol. The number of carbonyl (C=O) groups excluding carboxylic acids is 1. The van der Waals surface area contributed by atoms with Crippen molar-refractivity contribution in [1.29, 1.82) is 0 Å². The van der Waals surface area contributed by atoms with Crippen molar-refractivity contribution in [2.24, 2.45) is 0 Å². The Morgan fingerprint density at radius 1 is 1.31 bits per heavy atom. The number of rotatable bonds is 5. The van der Waals surface area contributed by atoms with Gasteiger partial charge in [-0.1, -0.05) is 36.0 Å². The summed E-state index contributed by atoms with van der Waals surface area (Å²) in [5, 5.41) is 15.2. The topological polar surface area (TPSA) is 118 Å². The second kappa shape index (κ2) is 7.67. The van der Waals surface area contributed by atoms with Crippen LogP contribution in [0, 0.1) is 10.1 Å². The van der Waals surface area contributed by atoms with Crippen molar-refractivity contribution >= 4 is 29.1 Å². The summed E-state index contributed by atoms with van der Waals surface area (Å²) in [5.74, 6) is -0.0128. The molecule has 0 fully saturated rings. The van der Waals surface area contributed by atoms with E-state index in [0.717, 1.165) is 0 Å². The second-order valence-corrected chi connectivity index (χ2v) is 7.78. The number of fused-ring (bicyclic) bond motifs is 1. The number of aromatic nitrogens is 2. The summed E-state index contributed by atoms with van der Waals surface area (Å²) in [6.07, 6.45) is 3.37. The maximum absolute atomic E-state index is 13.0. The number of anilines is 1. The fourth-order valence-electron chi connectivity index (χ4n) is 3.86. The zero-order chi connectivity index (χ0) is 20.5.